The maximum absolute atomic E-state index is 4.08. The second-order valence-corrected chi connectivity index (χ2v) is 2.06. The predicted octanol–water partition coefficient (Wildman–Crippen LogP) is 2.42. The Bertz CT molecular complexity index is 354. The normalized spacial score (nSPS) is 8.36. The average molecular weight is 194 g/mol. The van der Waals surface area contributed by atoms with Gasteiger partial charge in [0.25, 0.3) is 0 Å². The third kappa shape index (κ3) is 2.80. The zero-order chi connectivity index (χ0) is 11.0. The van der Waals surface area contributed by atoms with Gasteiger partial charge in [-0.15, -0.1) is 5.10 Å². The highest BCUT2D eigenvalue weighted by Crippen LogP contribution is 2.02. The van der Waals surface area contributed by atoms with E-state index in [1.54, 1.807) is 10.9 Å². The molecule has 0 N–H and O–H groups in total. The zero-order valence-corrected chi connectivity index (χ0v) is 9.52. The number of aryl methyl sites for hydroxylation is 1. The maximum Gasteiger partial charge on any atom is 0.178 e. The van der Waals surface area contributed by atoms with Crippen molar-refractivity contribution in [2.24, 2.45) is 7.05 Å². The van der Waals surface area contributed by atoms with Gasteiger partial charge in [0.2, 0.25) is 0 Å². The molecule has 0 aliphatic heterocycles. The monoisotopic (exact) mass is 194 g/mol. The first kappa shape index (κ1) is 12.6. The molecule has 14 heavy (non-hydrogen) atoms. The van der Waals surface area contributed by atoms with E-state index in [2.05, 4.69) is 15.3 Å². The number of fused-ring (bicyclic) bond motifs is 1. The molecule has 0 atom stereocenters. The van der Waals surface area contributed by atoms with Crippen LogP contribution in [0.25, 0.3) is 11.2 Å². The van der Waals surface area contributed by atoms with E-state index in [4.69, 9.17) is 0 Å². The minimum Gasteiger partial charge on any atom is -0.235 e. The molecule has 0 radical (unpaired) electrons. The van der Waals surface area contributed by atoms with Crippen LogP contribution in [-0.2, 0) is 7.05 Å². The van der Waals surface area contributed by atoms with E-state index >= 15 is 0 Å². The Morgan fingerprint density at radius 1 is 1.14 bits per heavy atom. The van der Waals surface area contributed by atoms with Gasteiger partial charge < -0.3 is 0 Å². The molecule has 0 saturated heterocycles. The van der Waals surface area contributed by atoms with Crippen molar-refractivity contribution in [2.45, 2.75) is 27.7 Å². The Labute approximate surface area is 85.0 Å². The number of aromatic nitrogens is 4. The largest absolute Gasteiger partial charge is 0.235 e. The van der Waals surface area contributed by atoms with E-state index in [-0.39, 0.29) is 0 Å². The van der Waals surface area contributed by atoms with Crippen molar-refractivity contribution >= 4 is 11.2 Å². The summed E-state index contributed by atoms with van der Waals surface area (Å²) in [5.41, 5.74) is 1.66. The SMILES string of the molecule is CC.CC.Cn1nnc2cccnc21. The van der Waals surface area contributed by atoms with Gasteiger partial charge in [-0.2, -0.15) is 0 Å². The van der Waals surface area contributed by atoms with Crippen LogP contribution in [0.15, 0.2) is 18.3 Å². The standard InChI is InChI=1S/C6H6N4.2C2H6/c1-10-6-5(8-9-10)3-2-4-7-6;2*1-2/h2-4H,1H3;2*1-2H3. The highest BCUT2D eigenvalue weighted by molar-refractivity contribution is 5.68. The fourth-order valence-corrected chi connectivity index (χ4v) is 0.873. The van der Waals surface area contributed by atoms with Crippen molar-refractivity contribution in [3.05, 3.63) is 18.3 Å². The summed E-state index contributed by atoms with van der Waals surface area (Å²) in [4.78, 5) is 4.08. The van der Waals surface area contributed by atoms with Crippen LogP contribution in [0.5, 0.6) is 0 Å². The summed E-state index contributed by atoms with van der Waals surface area (Å²) in [6.45, 7) is 8.00. The molecule has 0 aliphatic carbocycles. The summed E-state index contributed by atoms with van der Waals surface area (Å²) in [6.07, 6.45) is 1.73. The summed E-state index contributed by atoms with van der Waals surface area (Å²) < 4.78 is 1.65. The second-order valence-electron chi connectivity index (χ2n) is 2.06. The van der Waals surface area contributed by atoms with Crippen LogP contribution in [-0.4, -0.2) is 20.0 Å². The smallest absolute Gasteiger partial charge is 0.178 e. The van der Waals surface area contributed by atoms with Gasteiger partial charge in [-0.25, -0.2) is 9.67 Å². The molecular formula is C10H18N4. The van der Waals surface area contributed by atoms with Gasteiger partial charge in [-0.3, -0.25) is 0 Å². The molecule has 2 heterocycles. The minimum atomic E-state index is 0.822. The highest BCUT2D eigenvalue weighted by Gasteiger charge is 1.97. The molecule has 2 rings (SSSR count). The van der Waals surface area contributed by atoms with E-state index in [1.165, 1.54) is 0 Å². The first-order valence-electron chi connectivity index (χ1n) is 4.98. The van der Waals surface area contributed by atoms with Crippen molar-refractivity contribution in [1.29, 1.82) is 0 Å². The van der Waals surface area contributed by atoms with Gasteiger partial charge in [-0.1, -0.05) is 32.9 Å². The van der Waals surface area contributed by atoms with Gasteiger partial charge in [0.1, 0.15) is 5.52 Å². The van der Waals surface area contributed by atoms with Crippen LogP contribution in [0.1, 0.15) is 27.7 Å². The van der Waals surface area contributed by atoms with E-state index in [0.717, 1.165) is 11.2 Å². The summed E-state index contributed by atoms with van der Waals surface area (Å²) in [6, 6.07) is 3.73. The fraction of sp³-hybridized carbons (Fsp3) is 0.500. The summed E-state index contributed by atoms with van der Waals surface area (Å²) >= 11 is 0. The zero-order valence-electron chi connectivity index (χ0n) is 9.52. The van der Waals surface area contributed by atoms with E-state index in [0.29, 0.717) is 0 Å². The van der Waals surface area contributed by atoms with Crippen LogP contribution in [0.3, 0.4) is 0 Å². The second kappa shape index (κ2) is 7.00. The first-order valence-corrected chi connectivity index (χ1v) is 4.98. The Morgan fingerprint density at radius 2 is 1.79 bits per heavy atom. The lowest BCUT2D eigenvalue weighted by atomic mass is 10.4. The Balaban J connectivity index is 0.000000379. The first-order chi connectivity index (χ1) is 6.88. The lowest BCUT2D eigenvalue weighted by Gasteiger charge is -1.86. The predicted molar refractivity (Wildman–Crippen MR) is 59.0 cm³/mol. The maximum atomic E-state index is 4.08. The molecule has 0 spiro atoms. The van der Waals surface area contributed by atoms with Crippen molar-refractivity contribution < 1.29 is 0 Å². The van der Waals surface area contributed by atoms with Crippen LogP contribution >= 0.6 is 0 Å². The van der Waals surface area contributed by atoms with Gasteiger partial charge in [-0.05, 0) is 12.1 Å². The molecular weight excluding hydrogens is 176 g/mol. The average Bonchev–Trinajstić information content (AvgIpc) is 2.67. The van der Waals surface area contributed by atoms with Crippen molar-refractivity contribution in [3.63, 3.8) is 0 Å². The molecule has 2 aromatic heterocycles. The van der Waals surface area contributed by atoms with Crippen LogP contribution < -0.4 is 0 Å². The van der Waals surface area contributed by atoms with Crippen LogP contribution in [0.2, 0.25) is 0 Å². The van der Waals surface area contributed by atoms with Crippen LogP contribution in [0, 0.1) is 0 Å². The Hall–Kier alpha value is -1.45. The number of hydrogen-bond acceptors (Lipinski definition) is 3. The van der Waals surface area contributed by atoms with Crippen molar-refractivity contribution in [3.8, 4) is 0 Å². The number of hydrogen-bond donors (Lipinski definition) is 0. The molecule has 0 bridgehead atoms. The molecule has 78 valence electrons. The van der Waals surface area contributed by atoms with E-state index in [1.807, 2.05) is 46.9 Å². The topological polar surface area (TPSA) is 43.6 Å². The molecule has 4 heteroatoms. The molecule has 0 saturated carbocycles. The molecule has 0 aliphatic rings. The lowest BCUT2D eigenvalue weighted by molar-refractivity contribution is 0.730. The number of pyridine rings is 1. The molecule has 0 unspecified atom stereocenters. The molecule has 0 amide bonds. The van der Waals surface area contributed by atoms with Crippen molar-refractivity contribution in [2.75, 3.05) is 0 Å². The third-order valence-corrected chi connectivity index (χ3v) is 1.36. The minimum absolute atomic E-state index is 0.822. The lowest BCUT2D eigenvalue weighted by Crippen LogP contribution is -1.90. The van der Waals surface area contributed by atoms with Gasteiger partial charge in [0, 0.05) is 13.2 Å². The van der Waals surface area contributed by atoms with Crippen LogP contribution in [0.4, 0.5) is 0 Å². The Morgan fingerprint density at radius 3 is 2.36 bits per heavy atom. The quantitative estimate of drug-likeness (QED) is 0.647. The number of rotatable bonds is 0. The fourth-order valence-electron chi connectivity index (χ4n) is 0.873. The summed E-state index contributed by atoms with van der Waals surface area (Å²) in [5, 5.41) is 7.67. The van der Waals surface area contributed by atoms with E-state index < -0.39 is 0 Å². The molecule has 4 nitrogen and oxygen atoms in total. The van der Waals surface area contributed by atoms with Crippen molar-refractivity contribution in [1.82, 2.24) is 20.0 Å². The van der Waals surface area contributed by atoms with Gasteiger partial charge in [0.15, 0.2) is 5.65 Å². The number of nitrogens with zero attached hydrogens (tertiary/aromatic N) is 4. The molecule has 0 aromatic carbocycles. The third-order valence-electron chi connectivity index (χ3n) is 1.36. The molecule has 0 fully saturated rings. The van der Waals surface area contributed by atoms with E-state index in [9.17, 15) is 0 Å². The summed E-state index contributed by atoms with van der Waals surface area (Å²) in [5.74, 6) is 0. The summed E-state index contributed by atoms with van der Waals surface area (Å²) in [7, 11) is 1.82. The van der Waals surface area contributed by atoms with Gasteiger partial charge in [0.05, 0.1) is 0 Å². The Kier molecular flexibility index (Phi) is 6.28. The highest BCUT2D eigenvalue weighted by atomic mass is 15.4. The van der Waals surface area contributed by atoms with Gasteiger partial charge >= 0.3 is 0 Å². The molecule has 2 aromatic rings.